The molecule has 0 radical (unpaired) electrons. The summed E-state index contributed by atoms with van der Waals surface area (Å²) < 4.78 is 0. The molecule has 0 aromatic rings. The lowest BCUT2D eigenvalue weighted by Crippen LogP contribution is -2.08. The molecule has 1 nitrogen and oxygen atoms in total. The highest BCUT2D eigenvalue weighted by atomic mass is 16.1. The number of hydrogen-bond acceptors (Lipinski definition) is 1. The molecule has 0 N–H and O–H groups in total. The van der Waals surface area contributed by atoms with Crippen molar-refractivity contribution in [3.63, 3.8) is 0 Å². The van der Waals surface area contributed by atoms with Gasteiger partial charge in [-0.25, -0.2) is 0 Å². The highest BCUT2D eigenvalue weighted by Gasteiger charge is 2.69. The third kappa shape index (κ3) is 0.567. The maximum absolute atomic E-state index is 11.4. The maximum Gasteiger partial charge on any atom is 0.136 e. The first kappa shape index (κ1) is 6.22. The number of hydrogen-bond donors (Lipinski definition) is 0. The fourth-order valence-corrected chi connectivity index (χ4v) is 3.74. The zero-order valence-electron chi connectivity index (χ0n) is 6.81. The lowest BCUT2D eigenvalue weighted by molar-refractivity contribution is -0.120. The summed E-state index contributed by atoms with van der Waals surface area (Å²) in [6.07, 6.45) is 7.64. The minimum Gasteiger partial charge on any atom is -0.299 e. The molecule has 0 aliphatic heterocycles. The van der Waals surface area contributed by atoms with Crippen LogP contribution in [0, 0.1) is 17.3 Å². The van der Waals surface area contributed by atoms with E-state index < -0.39 is 0 Å². The summed E-state index contributed by atoms with van der Waals surface area (Å²) in [7, 11) is 0. The highest BCUT2D eigenvalue weighted by molar-refractivity contribution is 5.88. The van der Waals surface area contributed by atoms with Crippen LogP contribution in [0.25, 0.3) is 0 Å². The van der Waals surface area contributed by atoms with Gasteiger partial charge in [0.15, 0.2) is 0 Å². The van der Waals surface area contributed by atoms with E-state index in [1.54, 1.807) is 0 Å². The van der Waals surface area contributed by atoms with Crippen LogP contribution in [0.5, 0.6) is 0 Å². The average molecular weight is 150 g/mol. The van der Waals surface area contributed by atoms with E-state index in [2.05, 4.69) is 0 Å². The predicted octanol–water partition coefficient (Wildman–Crippen LogP) is 2.16. The quantitative estimate of drug-likeness (QED) is 0.517. The normalized spacial score (nSPS) is 44.9. The largest absolute Gasteiger partial charge is 0.299 e. The van der Waals surface area contributed by atoms with Gasteiger partial charge in [0.25, 0.3) is 0 Å². The van der Waals surface area contributed by atoms with Gasteiger partial charge in [-0.15, -0.1) is 0 Å². The third-order valence-electron chi connectivity index (χ3n) is 4.23. The van der Waals surface area contributed by atoms with Crippen LogP contribution < -0.4 is 0 Å². The Hall–Kier alpha value is -0.330. The van der Waals surface area contributed by atoms with Gasteiger partial charge in [0.2, 0.25) is 0 Å². The zero-order valence-corrected chi connectivity index (χ0v) is 6.81. The number of carbonyl (C=O) groups excluding carboxylic acids is 1. The molecule has 3 aliphatic carbocycles. The summed E-state index contributed by atoms with van der Waals surface area (Å²) in [6, 6.07) is 0. The summed E-state index contributed by atoms with van der Waals surface area (Å²) in [5, 5.41) is 0. The van der Waals surface area contributed by atoms with Crippen molar-refractivity contribution >= 4 is 5.78 Å². The van der Waals surface area contributed by atoms with Gasteiger partial charge in [0, 0.05) is 12.3 Å². The Bertz CT molecular complexity index is 213. The smallest absolute Gasteiger partial charge is 0.136 e. The topological polar surface area (TPSA) is 17.1 Å². The van der Waals surface area contributed by atoms with Gasteiger partial charge >= 0.3 is 0 Å². The van der Waals surface area contributed by atoms with E-state index in [1.807, 2.05) is 0 Å². The van der Waals surface area contributed by atoms with Crippen LogP contribution in [0.4, 0.5) is 0 Å². The van der Waals surface area contributed by atoms with E-state index >= 15 is 0 Å². The lowest BCUT2D eigenvalue weighted by Gasteiger charge is -2.10. The van der Waals surface area contributed by atoms with E-state index in [-0.39, 0.29) is 0 Å². The summed E-state index contributed by atoms with van der Waals surface area (Å²) in [6.45, 7) is 0. The van der Waals surface area contributed by atoms with Crippen molar-refractivity contribution in [3.8, 4) is 0 Å². The van der Waals surface area contributed by atoms with Crippen LogP contribution in [0.3, 0.4) is 0 Å². The minimum atomic E-state index is 0.546. The van der Waals surface area contributed by atoms with Crippen LogP contribution >= 0.6 is 0 Å². The summed E-state index contributed by atoms with van der Waals surface area (Å²) in [5.41, 5.74) is 0.579. The van der Waals surface area contributed by atoms with Gasteiger partial charge in [-0.2, -0.15) is 0 Å². The van der Waals surface area contributed by atoms with Crippen LogP contribution in [0.1, 0.15) is 38.5 Å². The van der Waals surface area contributed by atoms with Crippen molar-refractivity contribution in [1.29, 1.82) is 0 Å². The molecule has 2 atom stereocenters. The van der Waals surface area contributed by atoms with Gasteiger partial charge in [-0.05, 0) is 30.6 Å². The first-order valence-electron chi connectivity index (χ1n) is 4.87. The fourth-order valence-electron chi connectivity index (χ4n) is 3.74. The molecule has 1 spiro atoms. The molecule has 3 rings (SSSR count). The van der Waals surface area contributed by atoms with Crippen LogP contribution in [0.15, 0.2) is 0 Å². The molecule has 3 saturated carbocycles. The molecule has 3 fully saturated rings. The van der Waals surface area contributed by atoms with Crippen LogP contribution in [0.2, 0.25) is 0 Å². The number of carbonyl (C=O) groups is 1. The molecule has 3 aliphatic rings. The lowest BCUT2D eigenvalue weighted by atomic mass is 9.94. The molecule has 1 unspecified atom stereocenters. The van der Waals surface area contributed by atoms with Crippen molar-refractivity contribution in [2.75, 3.05) is 0 Å². The second kappa shape index (κ2) is 1.70. The Balaban J connectivity index is 1.90. The molecule has 0 aromatic carbocycles. The third-order valence-corrected chi connectivity index (χ3v) is 4.23. The van der Waals surface area contributed by atoms with E-state index in [9.17, 15) is 4.79 Å². The average Bonchev–Trinajstić information content (AvgIpc) is 2.30. The molecule has 0 saturated heterocycles. The molecule has 0 aromatic heterocycles. The summed E-state index contributed by atoms with van der Waals surface area (Å²) >= 11 is 0. The molecular weight excluding hydrogens is 136 g/mol. The van der Waals surface area contributed by atoms with Gasteiger partial charge in [-0.1, -0.05) is 12.8 Å². The van der Waals surface area contributed by atoms with E-state index in [4.69, 9.17) is 0 Å². The second-order valence-electron chi connectivity index (χ2n) is 4.53. The van der Waals surface area contributed by atoms with Crippen molar-refractivity contribution in [2.24, 2.45) is 17.3 Å². The molecule has 1 heteroatoms. The minimum absolute atomic E-state index is 0.546. The number of rotatable bonds is 0. The number of Topliss-reactive ketones (excluding diaryl/α,β-unsaturated/α-hetero) is 1. The van der Waals surface area contributed by atoms with Crippen molar-refractivity contribution in [3.05, 3.63) is 0 Å². The summed E-state index contributed by atoms with van der Waals surface area (Å²) in [5.74, 6) is 1.99. The van der Waals surface area contributed by atoms with Gasteiger partial charge in [0.05, 0.1) is 0 Å². The number of ketones is 1. The van der Waals surface area contributed by atoms with E-state index in [1.165, 1.54) is 32.1 Å². The Morgan fingerprint density at radius 1 is 1.27 bits per heavy atom. The van der Waals surface area contributed by atoms with Crippen molar-refractivity contribution in [2.45, 2.75) is 38.5 Å². The first-order chi connectivity index (χ1) is 5.34. The first-order valence-corrected chi connectivity index (χ1v) is 4.87. The monoisotopic (exact) mass is 150 g/mol. The molecule has 0 heterocycles. The van der Waals surface area contributed by atoms with Crippen LogP contribution in [-0.2, 0) is 4.79 Å². The van der Waals surface area contributed by atoms with Crippen LogP contribution in [-0.4, -0.2) is 5.78 Å². The Morgan fingerprint density at radius 3 is 2.55 bits per heavy atom. The van der Waals surface area contributed by atoms with E-state index in [0.29, 0.717) is 17.1 Å². The van der Waals surface area contributed by atoms with Crippen molar-refractivity contribution < 1.29 is 4.79 Å². The standard InChI is InChI=1S/C10H14O/c11-8-4-3-7-9(8)10(7)5-1-2-6-10/h7,9H,1-6H2/t7-,9?/m1/s1. The molecule has 11 heavy (non-hydrogen) atoms. The molecule has 60 valence electrons. The highest BCUT2D eigenvalue weighted by Crippen LogP contribution is 2.72. The van der Waals surface area contributed by atoms with E-state index in [0.717, 1.165) is 12.3 Å². The molecular formula is C10H14O. The zero-order chi connectivity index (χ0) is 7.47. The van der Waals surface area contributed by atoms with Crippen molar-refractivity contribution in [1.82, 2.24) is 0 Å². The SMILES string of the molecule is O=C1CC[C@@H]2C1C21CCCC1. The molecule has 0 amide bonds. The Kier molecular flexibility index (Phi) is 0.961. The Morgan fingerprint density at radius 2 is 2.00 bits per heavy atom. The number of fused-ring (bicyclic) bond motifs is 3. The summed E-state index contributed by atoms with van der Waals surface area (Å²) in [4.78, 5) is 11.4. The Labute approximate surface area is 67.2 Å². The fraction of sp³-hybridized carbons (Fsp3) is 0.900. The molecule has 0 bridgehead atoms. The van der Waals surface area contributed by atoms with Gasteiger partial charge < -0.3 is 0 Å². The van der Waals surface area contributed by atoms with Gasteiger partial charge in [-0.3, -0.25) is 4.79 Å². The van der Waals surface area contributed by atoms with Gasteiger partial charge in [0.1, 0.15) is 5.78 Å². The second-order valence-corrected chi connectivity index (χ2v) is 4.53. The maximum atomic E-state index is 11.4. The predicted molar refractivity (Wildman–Crippen MR) is 42.1 cm³/mol.